The molecule has 3 nitrogen and oxygen atoms in total. The van der Waals surface area contributed by atoms with Crippen LogP contribution in [-0.4, -0.2) is 30.1 Å². The molecule has 1 aromatic carbocycles. The lowest BCUT2D eigenvalue weighted by molar-refractivity contribution is -0.129. The fourth-order valence-electron chi connectivity index (χ4n) is 2.39. The predicted molar refractivity (Wildman–Crippen MR) is 77.7 cm³/mol. The standard InChI is InChI=1S/C16H24N2O/c1-13(2)10-11-18-12-17-15(16(18)19)9-8-14-6-4-3-5-7-14/h3-7,13,15,17H,8-12H2,1-2H3. The number of carbonyl (C=O) groups excluding carboxylic acids is 1. The fraction of sp³-hybridized carbons (Fsp3) is 0.562. The van der Waals surface area contributed by atoms with Crippen LogP contribution in [0.5, 0.6) is 0 Å². The summed E-state index contributed by atoms with van der Waals surface area (Å²) in [5, 5.41) is 3.33. The van der Waals surface area contributed by atoms with Crippen molar-refractivity contribution in [2.45, 2.75) is 39.2 Å². The van der Waals surface area contributed by atoms with E-state index in [1.165, 1.54) is 5.56 Å². The molecule has 0 spiro atoms. The largest absolute Gasteiger partial charge is 0.329 e. The first-order valence-electron chi connectivity index (χ1n) is 7.23. The normalized spacial score (nSPS) is 19.4. The van der Waals surface area contributed by atoms with Crippen molar-refractivity contribution in [1.82, 2.24) is 10.2 Å². The molecule has 1 unspecified atom stereocenters. The number of nitrogens with one attached hydrogen (secondary N) is 1. The third-order valence-corrected chi connectivity index (χ3v) is 3.68. The first-order chi connectivity index (χ1) is 9.16. The molecule has 1 amide bonds. The summed E-state index contributed by atoms with van der Waals surface area (Å²) in [6.07, 6.45) is 2.93. The summed E-state index contributed by atoms with van der Waals surface area (Å²) in [6.45, 7) is 5.98. The lowest BCUT2D eigenvalue weighted by atomic mass is 10.1. The van der Waals surface area contributed by atoms with Gasteiger partial charge in [0.05, 0.1) is 12.7 Å². The van der Waals surface area contributed by atoms with E-state index >= 15 is 0 Å². The van der Waals surface area contributed by atoms with Crippen molar-refractivity contribution >= 4 is 5.91 Å². The van der Waals surface area contributed by atoms with Gasteiger partial charge in [-0.05, 0) is 30.7 Å². The highest BCUT2D eigenvalue weighted by atomic mass is 16.2. The van der Waals surface area contributed by atoms with Gasteiger partial charge in [0.25, 0.3) is 0 Å². The van der Waals surface area contributed by atoms with Gasteiger partial charge in [-0.3, -0.25) is 10.1 Å². The van der Waals surface area contributed by atoms with Gasteiger partial charge in [0, 0.05) is 6.54 Å². The van der Waals surface area contributed by atoms with Crippen LogP contribution in [0, 0.1) is 5.92 Å². The molecule has 1 aromatic rings. The zero-order valence-electron chi connectivity index (χ0n) is 11.9. The number of aryl methyl sites for hydroxylation is 1. The third kappa shape index (κ3) is 4.06. The smallest absolute Gasteiger partial charge is 0.240 e. The van der Waals surface area contributed by atoms with Crippen LogP contribution in [0.1, 0.15) is 32.3 Å². The molecule has 1 N–H and O–H groups in total. The Labute approximate surface area is 116 Å². The van der Waals surface area contributed by atoms with E-state index in [0.29, 0.717) is 12.6 Å². The molecule has 104 valence electrons. The Balaban J connectivity index is 1.78. The summed E-state index contributed by atoms with van der Waals surface area (Å²) in [6, 6.07) is 10.4. The van der Waals surface area contributed by atoms with Crippen LogP contribution in [0.2, 0.25) is 0 Å². The minimum atomic E-state index is 0.00682. The zero-order valence-corrected chi connectivity index (χ0v) is 11.9. The van der Waals surface area contributed by atoms with E-state index in [-0.39, 0.29) is 11.9 Å². The average molecular weight is 260 g/mol. The second-order valence-corrected chi connectivity index (χ2v) is 5.72. The Morgan fingerprint density at radius 3 is 2.74 bits per heavy atom. The molecule has 2 rings (SSSR count). The summed E-state index contributed by atoms with van der Waals surface area (Å²) in [5.74, 6) is 0.924. The molecular formula is C16H24N2O. The summed E-state index contributed by atoms with van der Waals surface area (Å²) in [5.41, 5.74) is 1.30. The quantitative estimate of drug-likeness (QED) is 0.852. The van der Waals surface area contributed by atoms with Crippen molar-refractivity contribution < 1.29 is 4.79 Å². The number of carbonyl (C=O) groups is 1. The fourth-order valence-corrected chi connectivity index (χ4v) is 2.39. The maximum absolute atomic E-state index is 12.2. The maximum atomic E-state index is 12.2. The van der Waals surface area contributed by atoms with Crippen LogP contribution >= 0.6 is 0 Å². The molecule has 1 aliphatic rings. The molecule has 0 saturated carbocycles. The Morgan fingerprint density at radius 1 is 1.32 bits per heavy atom. The van der Waals surface area contributed by atoms with Gasteiger partial charge in [0.15, 0.2) is 0 Å². The number of hydrogen-bond donors (Lipinski definition) is 1. The molecule has 0 radical (unpaired) electrons. The van der Waals surface area contributed by atoms with Gasteiger partial charge in [-0.25, -0.2) is 0 Å². The van der Waals surface area contributed by atoms with E-state index in [9.17, 15) is 4.79 Å². The van der Waals surface area contributed by atoms with E-state index in [1.807, 2.05) is 23.1 Å². The molecule has 1 saturated heterocycles. The van der Waals surface area contributed by atoms with Gasteiger partial charge in [0.1, 0.15) is 0 Å². The van der Waals surface area contributed by atoms with Gasteiger partial charge in [0.2, 0.25) is 5.91 Å². The average Bonchev–Trinajstić information content (AvgIpc) is 2.76. The van der Waals surface area contributed by atoms with Gasteiger partial charge in [-0.1, -0.05) is 44.2 Å². The molecule has 19 heavy (non-hydrogen) atoms. The van der Waals surface area contributed by atoms with Crippen molar-refractivity contribution in [1.29, 1.82) is 0 Å². The Bertz CT molecular complexity index is 402. The molecule has 1 fully saturated rings. The van der Waals surface area contributed by atoms with Gasteiger partial charge < -0.3 is 4.90 Å². The molecule has 0 aromatic heterocycles. The molecular weight excluding hydrogens is 236 g/mol. The molecule has 3 heteroatoms. The second kappa shape index (κ2) is 6.71. The van der Waals surface area contributed by atoms with E-state index < -0.39 is 0 Å². The first-order valence-corrected chi connectivity index (χ1v) is 7.23. The van der Waals surface area contributed by atoms with Gasteiger partial charge >= 0.3 is 0 Å². The monoisotopic (exact) mass is 260 g/mol. The first kappa shape index (κ1) is 14.1. The Hall–Kier alpha value is -1.35. The van der Waals surface area contributed by atoms with Crippen LogP contribution in [0.4, 0.5) is 0 Å². The summed E-state index contributed by atoms with van der Waals surface area (Å²) in [4.78, 5) is 14.2. The van der Waals surface area contributed by atoms with E-state index in [4.69, 9.17) is 0 Å². The van der Waals surface area contributed by atoms with Gasteiger partial charge in [-0.15, -0.1) is 0 Å². The number of hydrogen-bond acceptors (Lipinski definition) is 2. The Kier molecular flexibility index (Phi) is 4.97. The van der Waals surface area contributed by atoms with Crippen molar-refractivity contribution in [2.24, 2.45) is 5.92 Å². The lowest BCUT2D eigenvalue weighted by Crippen LogP contribution is -2.31. The lowest BCUT2D eigenvalue weighted by Gasteiger charge is -2.16. The van der Waals surface area contributed by atoms with Crippen LogP contribution in [0.3, 0.4) is 0 Å². The molecule has 0 bridgehead atoms. The van der Waals surface area contributed by atoms with Crippen molar-refractivity contribution in [3.05, 3.63) is 35.9 Å². The topological polar surface area (TPSA) is 32.3 Å². The highest BCUT2D eigenvalue weighted by Gasteiger charge is 2.30. The maximum Gasteiger partial charge on any atom is 0.240 e. The zero-order chi connectivity index (χ0) is 13.7. The molecule has 1 heterocycles. The predicted octanol–water partition coefficient (Wildman–Crippen LogP) is 2.42. The van der Waals surface area contributed by atoms with Crippen molar-refractivity contribution in [3.8, 4) is 0 Å². The van der Waals surface area contributed by atoms with E-state index in [0.717, 1.165) is 25.8 Å². The number of rotatable bonds is 6. The van der Waals surface area contributed by atoms with Crippen molar-refractivity contribution in [2.75, 3.05) is 13.2 Å². The molecule has 1 atom stereocenters. The van der Waals surface area contributed by atoms with Crippen LogP contribution in [0.25, 0.3) is 0 Å². The SMILES string of the molecule is CC(C)CCN1CNC(CCc2ccccc2)C1=O. The van der Waals surface area contributed by atoms with Crippen LogP contribution in [-0.2, 0) is 11.2 Å². The van der Waals surface area contributed by atoms with E-state index in [2.05, 4.69) is 31.3 Å². The number of nitrogens with zero attached hydrogens (tertiary/aromatic N) is 1. The third-order valence-electron chi connectivity index (χ3n) is 3.68. The van der Waals surface area contributed by atoms with Crippen LogP contribution < -0.4 is 5.32 Å². The van der Waals surface area contributed by atoms with Crippen molar-refractivity contribution in [3.63, 3.8) is 0 Å². The minimum Gasteiger partial charge on any atom is -0.329 e. The Morgan fingerprint density at radius 2 is 2.05 bits per heavy atom. The second-order valence-electron chi connectivity index (χ2n) is 5.72. The molecule has 1 aliphatic heterocycles. The summed E-state index contributed by atoms with van der Waals surface area (Å²) < 4.78 is 0. The number of amides is 1. The highest BCUT2D eigenvalue weighted by molar-refractivity contribution is 5.83. The minimum absolute atomic E-state index is 0.00682. The summed E-state index contributed by atoms with van der Waals surface area (Å²) >= 11 is 0. The van der Waals surface area contributed by atoms with Gasteiger partial charge in [-0.2, -0.15) is 0 Å². The highest BCUT2D eigenvalue weighted by Crippen LogP contribution is 2.13. The van der Waals surface area contributed by atoms with E-state index in [1.54, 1.807) is 0 Å². The molecule has 0 aliphatic carbocycles. The van der Waals surface area contributed by atoms with Crippen LogP contribution in [0.15, 0.2) is 30.3 Å². The number of benzene rings is 1. The summed E-state index contributed by atoms with van der Waals surface area (Å²) in [7, 11) is 0.